The molecule has 6 heteroatoms. The van der Waals surface area contributed by atoms with Crippen molar-refractivity contribution in [3.05, 3.63) is 36.4 Å². The molecule has 0 amide bonds. The molecular weight excluding hydrogens is 292 g/mol. The van der Waals surface area contributed by atoms with Gasteiger partial charge in [0.2, 0.25) is 0 Å². The quantitative estimate of drug-likeness (QED) is 0.270. The van der Waals surface area contributed by atoms with Crippen molar-refractivity contribution in [3.8, 4) is 34.3 Å². The van der Waals surface area contributed by atoms with Gasteiger partial charge in [-0.15, -0.1) is 12.6 Å². The van der Waals surface area contributed by atoms with Crippen molar-refractivity contribution in [2.75, 3.05) is 0 Å². The van der Waals surface area contributed by atoms with Crippen molar-refractivity contribution in [1.29, 1.82) is 0 Å². The fourth-order valence-electron chi connectivity index (χ4n) is 2.06. The number of rotatable bonds is 1. The lowest BCUT2D eigenvalue weighted by Crippen LogP contribution is -1.84. The van der Waals surface area contributed by atoms with Gasteiger partial charge in [-0.25, -0.2) is 4.42 Å². The molecule has 0 bridgehead atoms. The highest BCUT2D eigenvalue weighted by Crippen LogP contribution is 2.38. The monoisotopic (exact) mass is 303 g/mol. The van der Waals surface area contributed by atoms with Crippen LogP contribution < -0.4 is 0 Å². The minimum atomic E-state index is -0.283. The standard InChI is InChI=1S/C15H10O5S/c16-8-4-11(18)9-6-14(21)15(20-13(9)5-8)7-1-2-10(17)12(19)3-7/h1-6H,(H4-,16,17,18,19,21)/p+1. The zero-order valence-corrected chi connectivity index (χ0v) is 11.5. The summed E-state index contributed by atoms with van der Waals surface area (Å²) in [6.07, 6.45) is 0. The van der Waals surface area contributed by atoms with Gasteiger partial charge < -0.3 is 20.4 Å². The van der Waals surface area contributed by atoms with Crippen molar-refractivity contribution in [1.82, 2.24) is 0 Å². The summed E-state index contributed by atoms with van der Waals surface area (Å²) in [5, 5.41) is 38.6. The van der Waals surface area contributed by atoms with E-state index in [1.54, 1.807) is 12.1 Å². The Hall–Kier alpha value is -2.60. The predicted molar refractivity (Wildman–Crippen MR) is 80.0 cm³/mol. The molecule has 0 aliphatic rings. The first kappa shape index (κ1) is 13.4. The molecule has 0 saturated carbocycles. The third-order valence-corrected chi connectivity index (χ3v) is 3.40. The Morgan fingerprint density at radius 1 is 0.810 bits per heavy atom. The summed E-state index contributed by atoms with van der Waals surface area (Å²) in [4.78, 5) is 0.438. The van der Waals surface area contributed by atoms with Crippen LogP contribution in [0.3, 0.4) is 0 Å². The van der Waals surface area contributed by atoms with Crippen LogP contribution in [0.2, 0.25) is 0 Å². The van der Waals surface area contributed by atoms with Gasteiger partial charge in [-0.05, 0) is 18.2 Å². The summed E-state index contributed by atoms with van der Waals surface area (Å²) in [7, 11) is 0. The minimum absolute atomic E-state index is 0.121. The molecule has 0 spiro atoms. The van der Waals surface area contributed by atoms with E-state index >= 15 is 0 Å². The van der Waals surface area contributed by atoms with E-state index in [0.29, 0.717) is 21.6 Å². The van der Waals surface area contributed by atoms with Crippen LogP contribution in [-0.2, 0) is 0 Å². The number of fused-ring (bicyclic) bond motifs is 1. The Kier molecular flexibility index (Phi) is 3.03. The van der Waals surface area contributed by atoms with Crippen LogP contribution in [0, 0.1) is 0 Å². The van der Waals surface area contributed by atoms with Gasteiger partial charge in [-0.1, -0.05) is 0 Å². The van der Waals surface area contributed by atoms with Crippen LogP contribution in [0.25, 0.3) is 22.3 Å². The van der Waals surface area contributed by atoms with Crippen LogP contribution >= 0.6 is 12.6 Å². The molecule has 0 aliphatic heterocycles. The summed E-state index contributed by atoms with van der Waals surface area (Å²) in [5.41, 5.74) is 0.771. The Labute approximate surface area is 124 Å². The molecule has 21 heavy (non-hydrogen) atoms. The maximum atomic E-state index is 9.79. The summed E-state index contributed by atoms with van der Waals surface area (Å²) in [5.74, 6) is -0.435. The van der Waals surface area contributed by atoms with Crippen molar-refractivity contribution in [2.24, 2.45) is 0 Å². The summed E-state index contributed by atoms with van der Waals surface area (Å²) in [6, 6.07) is 8.39. The molecule has 106 valence electrons. The fraction of sp³-hybridized carbons (Fsp3) is 0. The summed E-state index contributed by atoms with van der Waals surface area (Å²) in [6.45, 7) is 0. The molecule has 0 aliphatic carbocycles. The Morgan fingerprint density at radius 2 is 1.57 bits per heavy atom. The van der Waals surface area contributed by atoms with Gasteiger partial charge in [0.25, 0.3) is 0 Å². The molecule has 1 heterocycles. The average molecular weight is 303 g/mol. The smallest absolute Gasteiger partial charge is 0.374 e. The van der Waals surface area contributed by atoms with Gasteiger partial charge in [-0.3, -0.25) is 0 Å². The van der Waals surface area contributed by atoms with Crippen LogP contribution in [0.4, 0.5) is 0 Å². The molecule has 4 N–H and O–H groups in total. The molecular formula is C15H11O5S+. The number of phenolic OH excluding ortho intramolecular Hbond substituents is 4. The zero-order valence-electron chi connectivity index (χ0n) is 10.6. The average Bonchev–Trinajstić information content (AvgIpc) is 2.42. The number of aromatic hydroxyl groups is 4. The first-order chi connectivity index (χ1) is 9.95. The second-order valence-electron chi connectivity index (χ2n) is 4.54. The number of benzene rings is 2. The number of thiol groups is 1. The lowest BCUT2D eigenvalue weighted by molar-refractivity contribution is 0.404. The molecule has 3 aromatic rings. The first-order valence-corrected chi connectivity index (χ1v) is 6.44. The van der Waals surface area contributed by atoms with E-state index in [4.69, 9.17) is 4.42 Å². The molecule has 0 unspecified atom stereocenters. The van der Waals surface area contributed by atoms with Crippen LogP contribution in [-0.4, -0.2) is 20.4 Å². The normalized spacial score (nSPS) is 10.9. The lowest BCUT2D eigenvalue weighted by atomic mass is 10.1. The maximum Gasteiger partial charge on any atom is 0.374 e. The van der Waals surface area contributed by atoms with E-state index in [2.05, 4.69) is 12.6 Å². The molecule has 5 nitrogen and oxygen atoms in total. The minimum Gasteiger partial charge on any atom is -0.507 e. The summed E-state index contributed by atoms with van der Waals surface area (Å²) >= 11 is 4.31. The van der Waals surface area contributed by atoms with E-state index < -0.39 is 0 Å². The van der Waals surface area contributed by atoms with Gasteiger partial charge in [0.05, 0.1) is 11.6 Å². The van der Waals surface area contributed by atoms with Gasteiger partial charge in [0.15, 0.2) is 11.5 Å². The van der Waals surface area contributed by atoms with E-state index in [1.165, 1.54) is 24.3 Å². The van der Waals surface area contributed by atoms with E-state index in [1.807, 2.05) is 0 Å². The van der Waals surface area contributed by atoms with Crippen LogP contribution in [0.15, 0.2) is 45.7 Å². The van der Waals surface area contributed by atoms with Crippen molar-refractivity contribution in [2.45, 2.75) is 4.90 Å². The van der Waals surface area contributed by atoms with E-state index in [-0.39, 0.29) is 28.6 Å². The van der Waals surface area contributed by atoms with E-state index in [9.17, 15) is 20.4 Å². The molecule has 0 radical (unpaired) electrons. The Morgan fingerprint density at radius 3 is 2.29 bits per heavy atom. The molecule has 0 fully saturated rings. The van der Waals surface area contributed by atoms with E-state index in [0.717, 1.165) is 0 Å². The highest BCUT2D eigenvalue weighted by molar-refractivity contribution is 7.80. The second kappa shape index (κ2) is 4.75. The van der Waals surface area contributed by atoms with Gasteiger partial charge in [0, 0.05) is 12.1 Å². The highest BCUT2D eigenvalue weighted by Gasteiger charge is 2.23. The van der Waals surface area contributed by atoms with Crippen molar-refractivity contribution >= 4 is 23.6 Å². The number of phenols is 4. The van der Waals surface area contributed by atoms with Crippen molar-refractivity contribution in [3.63, 3.8) is 0 Å². The predicted octanol–water partition coefficient (Wildman–Crippen LogP) is 3.49. The third kappa shape index (κ3) is 2.30. The number of hydrogen-bond acceptors (Lipinski definition) is 5. The topological polar surface area (TPSA) is 92.2 Å². The SMILES string of the molecule is Oc1cc(O)c2cc(S)c(-c3ccc(O)c(O)c3)[o+]c2c1. The maximum absolute atomic E-state index is 9.79. The van der Waals surface area contributed by atoms with Gasteiger partial charge in [0.1, 0.15) is 21.8 Å². The molecule has 0 atom stereocenters. The van der Waals surface area contributed by atoms with Gasteiger partial charge >= 0.3 is 11.3 Å². The molecule has 2 aromatic carbocycles. The third-order valence-electron chi connectivity index (χ3n) is 3.07. The fourth-order valence-corrected chi connectivity index (χ4v) is 2.37. The largest absolute Gasteiger partial charge is 0.507 e. The number of hydrogen-bond donors (Lipinski definition) is 5. The Bertz CT molecular complexity index is 860. The molecule has 3 rings (SSSR count). The Balaban J connectivity index is 2.27. The highest BCUT2D eigenvalue weighted by atomic mass is 32.1. The van der Waals surface area contributed by atoms with Crippen molar-refractivity contribution < 1.29 is 24.8 Å². The van der Waals surface area contributed by atoms with Crippen LogP contribution in [0.1, 0.15) is 0 Å². The van der Waals surface area contributed by atoms with Gasteiger partial charge in [-0.2, -0.15) is 0 Å². The van der Waals surface area contributed by atoms with Crippen LogP contribution in [0.5, 0.6) is 23.0 Å². The second-order valence-corrected chi connectivity index (χ2v) is 5.02. The molecule has 1 aromatic heterocycles. The first-order valence-electron chi connectivity index (χ1n) is 6.00. The zero-order chi connectivity index (χ0) is 15.1. The lowest BCUT2D eigenvalue weighted by Gasteiger charge is -2.01. The summed E-state index contributed by atoms with van der Waals surface area (Å²) < 4.78 is 5.65. The molecule has 0 saturated heterocycles.